The van der Waals surface area contributed by atoms with E-state index in [2.05, 4.69) is 20.4 Å². The van der Waals surface area contributed by atoms with Gasteiger partial charge >= 0.3 is 13.9 Å². The molecule has 35 heavy (non-hydrogen) atoms. The number of carbonyl (C=O) groups is 1. The van der Waals surface area contributed by atoms with Gasteiger partial charge in [0, 0.05) is 5.56 Å². The van der Waals surface area contributed by atoms with E-state index in [0.29, 0.717) is 28.1 Å². The fourth-order valence-corrected chi connectivity index (χ4v) is 3.89. The van der Waals surface area contributed by atoms with Crippen molar-refractivity contribution in [3.05, 3.63) is 40.1 Å². The molecule has 1 aliphatic heterocycles. The zero-order chi connectivity index (χ0) is 26.1. The predicted octanol–water partition coefficient (Wildman–Crippen LogP) is 2.37. The monoisotopic (exact) mass is 532 g/mol. The molecule has 0 bridgehead atoms. The van der Waals surface area contributed by atoms with Gasteiger partial charge in [0.1, 0.15) is 17.9 Å². The van der Waals surface area contributed by atoms with Gasteiger partial charge in [-0.05, 0) is 26.8 Å². The number of hydrogen-bond donors (Lipinski definition) is 5. The van der Waals surface area contributed by atoms with E-state index >= 15 is 4.39 Å². The van der Waals surface area contributed by atoms with Crippen molar-refractivity contribution in [1.29, 1.82) is 0 Å². The first-order chi connectivity index (χ1) is 16.3. The third-order valence-corrected chi connectivity index (χ3v) is 5.31. The van der Waals surface area contributed by atoms with E-state index in [1.165, 1.54) is 12.4 Å². The van der Waals surface area contributed by atoms with Crippen LogP contribution in [-0.4, -0.2) is 53.7 Å². The highest BCUT2D eigenvalue weighted by Crippen LogP contribution is 2.42. The lowest BCUT2D eigenvalue weighted by molar-refractivity contribution is 0.136. The number of alkyl carbamates (subject to hydrolysis) is 1. The molecule has 1 unspecified atom stereocenters. The van der Waals surface area contributed by atoms with E-state index in [1.54, 1.807) is 18.5 Å². The molecule has 0 saturated carbocycles. The van der Waals surface area contributed by atoms with Crippen LogP contribution in [0.25, 0.3) is 11.0 Å². The van der Waals surface area contributed by atoms with Crippen LogP contribution in [0.5, 0.6) is 5.75 Å². The number of fused-ring (bicyclic) bond motifs is 1. The average molecular weight is 533 g/mol. The van der Waals surface area contributed by atoms with Crippen molar-refractivity contribution in [3.8, 4) is 5.75 Å². The molecule has 13 nitrogen and oxygen atoms in total. The summed E-state index contributed by atoms with van der Waals surface area (Å²) in [5.41, 5.74) is 7.85. The van der Waals surface area contributed by atoms with Crippen LogP contribution in [0.2, 0.25) is 5.02 Å². The first kappa shape index (κ1) is 26.6. The lowest BCUT2D eigenvalue weighted by Gasteiger charge is -2.23. The molecular weight excluding hydrogens is 510 g/mol. The second-order valence-electron chi connectivity index (χ2n) is 7.39. The number of aryl methyl sites for hydroxylation is 1. The lowest BCUT2D eigenvalue weighted by Crippen LogP contribution is -2.16. The van der Waals surface area contributed by atoms with Crippen LogP contribution in [0.4, 0.5) is 15.0 Å². The topological polar surface area (TPSA) is 195 Å². The molecule has 16 heteroatoms. The van der Waals surface area contributed by atoms with Gasteiger partial charge in [-0.2, -0.15) is 5.10 Å². The quantitative estimate of drug-likeness (QED) is 0.302. The molecule has 0 aliphatic carbocycles. The first-order valence-electron chi connectivity index (χ1n) is 10.2. The van der Waals surface area contributed by atoms with Gasteiger partial charge in [-0.15, -0.1) is 0 Å². The maximum atomic E-state index is 15.0. The van der Waals surface area contributed by atoms with Gasteiger partial charge in [-0.25, -0.2) is 28.4 Å². The second-order valence-corrected chi connectivity index (χ2v) is 8.82. The van der Waals surface area contributed by atoms with E-state index in [4.69, 9.17) is 46.1 Å². The molecule has 190 valence electrons. The number of nitrogens with one attached hydrogen (secondary N) is 1. The Bertz CT molecular complexity index is 1310. The van der Waals surface area contributed by atoms with Gasteiger partial charge < -0.3 is 35.2 Å². The number of benzene rings is 1. The molecule has 0 spiro atoms. The molecule has 2 atom stereocenters. The Morgan fingerprint density at radius 3 is 2.66 bits per heavy atom. The largest absolute Gasteiger partial charge is 0.493 e. The number of anilines is 1. The zero-order valence-electron chi connectivity index (χ0n) is 18.8. The summed E-state index contributed by atoms with van der Waals surface area (Å²) in [6, 6.07) is 1.05. The Labute approximate surface area is 203 Å². The fourth-order valence-electron chi connectivity index (χ4n) is 3.67. The number of phosphoric acid groups is 1. The maximum absolute atomic E-state index is 15.0. The number of nitrogens with zero attached hydrogens (tertiary/aromatic N) is 4. The number of ether oxygens (including phenoxy) is 2. The van der Waals surface area contributed by atoms with Crippen molar-refractivity contribution < 1.29 is 37.9 Å². The minimum Gasteiger partial charge on any atom is -0.493 e. The number of rotatable bonds is 5. The fraction of sp³-hybridized carbons (Fsp3) is 0.368. The molecule has 1 aromatic carbocycles. The molecule has 3 heterocycles. The molecule has 1 amide bonds. The van der Waals surface area contributed by atoms with Crippen LogP contribution in [0.3, 0.4) is 0 Å². The Hall–Kier alpha value is -3.03. The van der Waals surface area contributed by atoms with Crippen molar-refractivity contribution in [1.82, 2.24) is 25.1 Å². The van der Waals surface area contributed by atoms with Gasteiger partial charge in [0.2, 0.25) is 0 Å². The number of carbonyl (C=O) groups excluding carboxylic acids is 1. The highest BCUT2D eigenvalue weighted by atomic mass is 35.5. The Balaban J connectivity index is 0.000000623. The number of cyclic esters (lactones) is 1. The predicted molar refractivity (Wildman–Crippen MR) is 122 cm³/mol. The number of hydrogen-bond acceptors (Lipinski definition) is 8. The summed E-state index contributed by atoms with van der Waals surface area (Å²) >= 11 is 6.22. The van der Waals surface area contributed by atoms with Crippen LogP contribution in [0.1, 0.15) is 42.8 Å². The minimum atomic E-state index is -4.64. The van der Waals surface area contributed by atoms with E-state index in [-0.39, 0.29) is 29.5 Å². The van der Waals surface area contributed by atoms with Crippen LogP contribution >= 0.6 is 19.4 Å². The number of halogens is 2. The second kappa shape index (κ2) is 10.3. The van der Waals surface area contributed by atoms with Gasteiger partial charge in [-0.1, -0.05) is 11.6 Å². The average Bonchev–Trinajstić information content (AvgIpc) is 3.33. The molecule has 1 saturated heterocycles. The van der Waals surface area contributed by atoms with Gasteiger partial charge in [0.05, 0.1) is 40.9 Å². The van der Waals surface area contributed by atoms with Crippen molar-refractivity contribution in [2.24, 2.45) is 0 Å². The summed E-state index contributed by atoms with van der Waals surface area (Å²) in [5.74, 6) is -0.106. The number of amides is 1. The van der Waals surface area contributed by atoms with E-state index in [1.807, 2.05) is 6.92 Å². The summed E-state index contributed by atoms with van der Waals surface area (Å²) < 4.78 is 36.6. The lowest BCUT2D eigenvalue weighted by atomic mass is 9.99. The third-order valence-electron chi connectivity index (χ3n) is 5.04. The third kappa shape index (κ3) is 5.80. The standard InChI is InChI=1S/C19H20ClFN6O3.H3O4P/c1-4-29-16-10(5-11(20)15(21)14(16)12-6-23-19(28)30-12)9(3)27-18-13(8(2)26-27)17(22)24-7-25-18;1-5(2,3)4/h5,7,9,12H,4,6H2,1-3H3,(H,23,28)(H2,22,24,25);(H3,1,2,3,4)/t9?,12-;/m0./s1. The Morgan fingerprint density at radius 1 is 1.43 bits per heavy atom. The summed E-state index contributed by atoms with van der Waals surface area (Å²) in [5, 5.41) is 7.62. The van der Waals surface area contributed by atoms with Crippen LogP contribution in [0.15, 0.2) is 12.4 Å². The highest BCUT2D eigenvalue weighted by molar-refractivity contribution is 7.45. The normalized spacial score (nSPS) is 16.3. The number of aromatic nitrogens is 4. The number of nitrogens with two attached hydrogens (primary N) is 1. The smallest absolute Gasteiger partial charge is 0.466 e. The van der Waals surface area contributed by atoms with Crippen LogP contribution in [-0.2, 0) is 9.30 Å². The van der Waals surface area contributed by atoms with Crippen LogP contribution in [0, 0.1) is 12.7 Å². The van der Waals surface area contributed by atoms with E-state index in [0.717, 1.165) is 0 Å². The van der Waals surface area contributed by atoms with Crippen molar-refractivity contribution in [2.75, 3.05) is 18.9 Å². The maximum Gasteiger partial charge on any atom is 0.466 e. The molecule has 1 fully saturated rings. The van der Waals surface area contributed by atoms with E-state index < -0.39 is 31.9 Å². The molecule has 0 radical (unpaired) electrons. The Kier molecular flexibility index (Phi) is 7.82. The Morgan fingerprint density at radius 2 is 2.09 bits per heavy atom. The molecule has 3 aromatic rings. The molecule has 2 aromatic heterocycles. The SMILES string of the molecule is CCOc1c(C(C)n2nc(C)c3c(N)ncnc32)cc(Cl)c(F)c1[C@@H]1CNC(=O)O1.O=P(O)(O)O. The van der Waals surface area contributed by atoms with Gasteiger partial charge in [0.25, 0.3) is 0 Å². The molecule has 6 N–H and O–H groups in total. The zero-order valence-corrected chi connectivity index (χ0v) is 20.4. The van der Waals surface area contributed by atoms with Crippen LogP contribution < -0.4 is 15.8 Å². The number of nitrogen functional groups attached to an aromatic ring is 1. The molecular formula is C19H23ClFN6O7P. The summed E-state index contributed by atoms with van der Waals surface area (Å²) in [6.45, 7) is 5.83. The molecule has 4 rings (SSSR count). The summed E-state index contributed by atoms with van der Waals surface area (Å²) in [7, 11) is -4.64. The minimum absolute atomic E-state index is 0.0897. The van der Waals surface area contributed by atoms with Gasteiger partial charge in [0.15, 0.2) is 17.6 Å². The highest BCUT2D eigenvalue weighted by Gasteiger charge is 2.34. The van der Waals surface area contributed by atoms with E-state index in [9.17, 15) is 4.79 Å². The van der Waals surface area contributed by atoms with Crippen molar-refractivity contribution in [2.45, 2.75) is 32.9 Å². The first-order valence-corrected chi connectivity index (χ1v) is 12.1. The summed E-state index contributed by atoms with van der Waals surface area (Å²) in [4.78, 5) is 41.4. The van der Waals surface area contributed by atoms with Gasteiger partial charge in [-0.3, -0.25) is 0 Å². The summed E-state index contributed by atoms with van der Waals surface area (Å²) in [6.07, 6.45) is -0.131. The van der Waals surface area contributed by atoms with Crippen molar-refractivity contribution >= 4 is 42.4 Å². The van der Waals surface area contributed by atoms with Crippen molar-refractivity contribution in [3.63, 3.8) is 0 Å². The molecule has 1 aliphatic rings.